The van der Waals surface area contributed by atoms with Gasteiger partial charge in [-0.2, -0.15) is 5.10 Å². The molecule has 0 unspecified atom stereocenters. The van der Waals surface area contributed by atoms with Gasteiger partial charge in [-0.25, -0.2) is 5.43 Å². The van der Waals surface area contributed by atoms with Crippen LogP contribution in [0.3, 0.4) is 0 Å². The van der Waals surface area contributed by atoms with E-state index in [9.17, 15) is 4.79 Å². The summed E-state index contributed by atoms with van der Waals surface area (Å²) in [6, 6.07) is 10.4. The van der Waals surface area contributed by atoms with Crippen molar-refractivity contribution in [3.8, 4) is 0 Å². The Labute approximate surface area is 121 Å². The molecule has 1 aromatic heterocycles. The predicted molar refractivity (Wildman–Crippen MR) is 79.8 cm³/mol. The highest BCUT2D eigenvalue weighted by Crippen LogP contribution is 2.14. The molecule has 5 heteroatoms. The van der Waals surface area contributed by atoms with Crippen molar-refractivity contribution >= 4 is 29.3 Å². The third kappa shape index (κ3) is 3.83. The number of hydrazone groups is 1. The molecule has 0 aliphatic heterocycles. The van der Waals surface area contributed by atoms with Crippen LogP contribution in [0, 0.1) is 0 Å². The highest BCUT2D eigenvalue weighted by Gasteiger charge is 2.07. The second kappa shape index (κ2) is 6.73. The fourth-order valence-corrected chi connectivity index (χ4v) is 1.69. The van der Waals surface area contributed by atoms with E-state index >= 15 is 0 Å². The number of halogens is 1. The molecule has 0 aliphatic rings. The van der Waals surface area contributed by atoms with Gasteiger partial charge in [-0.1, -0.05) is 23.7 Å². The minimum absolute atomic E-state index is 0.346. The molecule has 20 heavy (non-hydrogen) atoms. The topological polar surface area (TPSA) is 54.6 Å². The summed E-state index contributed by atoms with van der Waals surface area (Å²) < 4.78 is 5.15. The SMILES string of the molecule is CC(/C=C\c1ccco1)=NNC(=O)c1ccccc1Cl. The number of hydrogen-bond donors (Lipinski definition) is 1. The van der Waals surface area contributed by atoms with Crippen LogP contribution in [0.25, 0.3) is 6.08 Å². The summed E-state index contributed by atoms with van der Waals surface area (Å²) in [5.41, 5.74) is 3.48. The molecular formula is C15H13ClN2O2. The Balaban J connectivity index is 1.98. The van der Waals surface area contributed by atoms with Crippen molar-refractivity contribution in [2.24, 2.45) is 5.10 Å². The fourth-order valence-electron chi connectivity index (χ4n) is 1.47. The standard InChI is InChI=1S/C15H13ClN2O2/c1-11(8-9-12-5-4-10-20-12)17-18-15(19)13-6-2-3-7-14(13)16/h2-10H,1H3,(H,18,19)/b9-8-,17-11?. The largest absolute Gasteiger partial charge is 0.465 e. The average molecular weight is 289 g/mol. The van der Waals surface area contributed by atoms with Crippen molar-refractivity contribution in [1.29, 1.82) is 0 Å². The van der Waals surface area contributed by atoms with Gasteiger partial charge in [0.1, 0.15) is 5.76 Å². The molecule has 0 aliphatic carbocycles. The Morgan fingerprint density at radius 2 is 2.10 bits per heavy atom. The lowest BCUT2D eigenvalue weighted by Crippen LogP contribution is -2.19. The summed E-state index contributed by atoms with van der Waals surface area (Å²) in [7, 11) is 0. The van der Waals surface area contributed by atoms with Crippen molar-refractivity contribution < 1.29 is 9.21 Å². The molecule has 0 atom stereocenters. The average Bonchev–Trinajstić information content (AvgIpc) is 2.96. The molecule has 0 bridgehead atoms. The van der Waals surface area contributed by atoms with Gasteiger partial charge < -0.3 is 4.42 Å². The maximum atomic E-state index is 11.9. The first-order chi connectivity index (χ1) is 9.66. The van der Waals surface area contributed by atoms with Crippen LogP contribution in [0.15, 0.2) is 58.3 Å². The number of furan rings is 1. The lowest BCUT2D eigenvalue weighted by Gasteiger charge is -2.02. The monoisotopic (exact) mass is 288 g/mol. The van der Waals surface area contributed by atoms with Gasteiger partial charge in [0.25, 0.3) is 5.91 Å². The summed E-state index contributed by atoms with van der Waals surface area (Å²) in [5, 5.41) is 4.36. The number of amides is 1. The van der Waals surface area contributed by atoms with Crippen LogP contribution in [0.5, 0.6) is 0 Å². The van der Waals surface area contributed by atoms with Crippen LogP contribution in [0.1, 0.15) is 23.0 Å². The van der Waals surface area contributed by atoms with E-state index in [1.807, 2.05) is 6.07 Å². The zero-order valence-corrected chi connectivity index (χ0v) is 11.6. The van der Waals surface area contributed by atoms with E-state index in [1.165, 1.54) is 0 Å². The lowest BCUT2D eigenvalue weighted by molar-refractivity contribution is 0.0955. The summed E-state index contributed by atoms with van der Waals surface area (Å²) in [4.78, 5) is 11.9. The van der Waals surface area contributed by atoms with Crippen LogP contribution in [-0.2, 0) is 0 Å². The van der Waals surface area contributed by atoms with E-state index in [2.05, 4.69) is 10.5 Å². The Hall–Kier alpha value is -2.33. The molecule has 2 rings (SSSR count). The zero-order valence-electron chi connectivity index (χ0n) is 10.8. The second-order valence-electron chi connectivity index (χ2n) is 4.02. The molecule has 1 aromatic carbocycles. The van der Waals surface area contributed by atoms with E-state index < -0.39 is 0 Å². The Morgan fingerprint density at radius 3 is 2.80 bits per heavy atom. The van der Waals surface area contributed by atoms with Crippen molar-refractivity contribution in [3.05, 3.63) is 65.1 Å². The van der Waals surface area contributed by atoms with Gasteiger partial charge in [-0.3, -0.25) is 4.79 Å². The number of allylic oxidation sites excluding steroid dienone is 1. The first-order valence-corrected chi connectivity index (χ1v) is 6.35. The van der Waals surface area contributed by atoms with Gasteiger partial charge in [0.05, 0.1) is 22.6 Å². The second-order valence-corrected chi connectivity index (χ2v) is 4.43. The molecule has 1 amide bonds. The molecule has 0 radical (unpaired) electrons. The zero-order chi connectivity index (χ0) is 14.4. The number of hydrogen-bond acceptors (Lipinski definition) is 3. The van der Waals surface area contributed by atoms with Gasteiger partial charge in [0, 0.05) is 0 Å². The minimum Gasteiger partial charge on any atom is -0.465 e. The number of carbonyl (C=O) groups is 1. The molecule has 102 valence electrons. The van der Waals surface area contributed by atoms with E-state index in [0.29, 0.717) is 16.3 Å². The maximum absolute atomic E-state index is 11.9. The third-order valence-electron chi connectivity index (χ3n) is 2.48. The number of nitrogens with zero attached hydrogens (tertiary/aromatic N) is 1. The van der Waals surface area contributed by atoms with E-state index in [-0.39, 0.29) is 5.91 Å². The molecule has 0 saturated carbocycles. The van der Waals surface area contributed by atoms with Gasteiger partial charge in [0.2, 0.25) is 0 Å². The highest BCUT2D eigenvalue weighted by atomic mass is 35.5. The predicted octanol–water partition coefficient (Wildman–Crippen LogP) is 3.75. The quantitative estimate of drug-likeness (QED) is 0.688. The van der Waals surface area contributed by atoms with Crippen LogP contribution in [0.4, 0.5) is 0 Å². The number of carbonyl (C=O) groups excluding carboxylic acids is 1. The van der Waals surface area contributed by atoms with Crippen LogP contribution >= 0.6 is 11.6 Å². The highest BCUT2D eigenvalue weighted by molar-refractivity contribution is 6.33. The number of benzene rings is 1. The minimum atomic E-state index is -0.346. The van der Waals surface area contributed by atoms with Crippen molar-refractivity contribution in [2.45, 2.75) is 6.92 Å². The van der Waals surface area contributed by atoms with Gasteiger partial charge >= 0.3 is 0 Å². The molecule has 1 heterocycles. The van der Waals surface area contributed by atoms with Gasteiger partial charge in [-0.05, 0) is 43.3 Å². The van der Waals surface area contributed by atoms with Crippen LogP contribution in [0.2, 0.25) is 5.02 Å². The van der Waals surface area contributed by atoms with Gasteiger partial charge in [-0.15, -0.1) is 0 Å². The van der Waals surface area contributed by atoms with Crippen molar-refractivity contribution in [2.75, 3.05) is 0 Å². The first-order valence-electron chi connectivity index (χ1n) is 5.97. The van der Waals surface area contributed by atoms with Crippen molar-refractivity contribution in [3.63, 3.8) is 0 Å². The maximum Gasteiger partial charge on any atom is 0.272 e. The number of nitrogens with one attached hydrogen (secondary N) is 1. The van der Waals surface area contributed by atoms with E-state index in [4.69, 9.17) is 16.0 Å². The van der Waals surface area contributed by atoms with E-state index in [0.717, 1.165) is 5.76 Å². The molecule has 1 N–H and O–H groups in total. The molecule has 4 nitrogen and oxygen atoms in total. The summed E-state index contributed by atoms with van der Waals surface area (Å²) >= 11 is 5.93. The summed E-state index contributed by atoms with van der Waals surface area (Å²) in [6.07, 6.45) is 5.09. The molecule has 0 fully saturated rings. The first kappa shape index (κ1) is 14.1. The Morgan fingerprint density at radius 1 is 1.30 bits per heavy atom. The molecule has 0 saturated heterocycles. The van der Waals surface area contributed by atoms with Gasteiger partial charge in [0.15, 0.2) is 0 Å². The molecule has 2 aromatic rings. The molecular weight excluding hydrogens is 276 g/mol. The van der Waals surface area contributed by atoms with E-state index in [1.54, 1.807) is 55.7 Å². The van der Waals surface area contributed by atoms with Crippen LogP contribution < -0.4 is 5.43 Å². The normalized spacial score (nSPS) is 11.8. The number of rotatable bonds is 4. The summed E-state index contributed by atoms with van der Waals surface area (Å²) in [6.45, 7) is 1.77. The summed E-state index contributed by atoms with van der Waals surface area (Å²) in [5.74, 6) is 0.373. The van der Waals surface area contributed by atoms with Crippen molar-refractivity contribution in [1.82, 2.24) is 5.43 Å². The van der Waals surface area contributed by atoms with Crippen LogP contribution in [-0.4, -0.2) is 11.6 Å². The Bertz CT molecular complexity index is 646. The smallest absolute Gasteiger partial charge is 0.272 e. The Kier molecular flexibility index (Phi) is 4.74. The fraction of sp³-hybridized carbons (Fsp3) is 0.0667. The molecule has 0 spiro atoms. The third-order valence-corrected chi connectivity index (χ3v) is 2.81. The lowest BCUT2D eigenvalue weighted by atomic mass is 10.2.